The number of rotatable bonds is 4. The largest absolute Gasteiger partial charge is 0.392 e. The quantitative estimate of drug-likeness (QED) is 0.615. The molecule has 0 aliphatic heterocycles. The van der Waals surface area contributed by atoms with E-state index < -0.39 is 6.10 Å². The topological polar surface area (TPSA) is 61.8 Å². The van der Waals surface area contributed by atoms with Crippen LogP contribution in [-0.4, -0.2) is 26.6 Å². The molecule has 2 atom stereocenters. The molecule has 0 radical (unpaired) electrons. The molecular formula is C7H13N3OS. The molecule has 1 aromatic rings. The summed E-state index contributed by atoms with van der Waals surface area (Å²) in [6.45, 7) is 2.02. The van der Waals surface area contributed by atoms with Crippen molar-refractivity contribution < 1.29 is 5.11 Å². The van der Waals surface area contributed by atoms with Crippen molar-refractivity contribution >= 4 is 12.6 Å². The normalized spacial score (nSPS) is 15.9. The van der Waals surface area contributed by atoms with Crippen LogP contribution in [0.1, 0.15) is 30.7 Å². The molecule has 4 nitrogen and oxygen atoms in total. The molecule has 0 fully saturated rings. The van der Waals surface area contributed by atoms with Crippen LogP contribution in [0.2, 0.25) is 0 Å². The number of hydrogen-bond donors (Lipinski definition) is 3. The molecule has 0 aromatic carbocycles. The van der Waals surface area contributed by atoms with Gasteiger partial charge in [0.05, 0.1) is 17.0 Å². The monoisotopic (exact) mass is 187 g/mol. The third kappa shape index (κ3) is 2.22. The second-order valence-corrected chi connectivity index (χ2v) is 3.26. The molecule has 2 N–H and O–H groups in total. The Morgan fingerprint density at radius 3 is 3.00 bits per heavy atom. The molecule has 0 spiro atoms. The Kier molecular flexibility index (Phi) is 3.55. The fourth-order valence-corrected chi connectivity index (χ4v) is 1.28. The lowest BCUT2D eigenvalue weighted by atomic mass is 10.1. The van der Waals surface area contributed by atoms with Crippen molar-refractivity contribution in [2.45, 2.75) is 31.1 Å². The number of aromatic nitrogens is 3. The molecular weight excluding hydrogens is 174 g/mol. The summed E-state index contributed by atoms with van der Waals surface area (Å²) in [5.74, 6) is 0. The van der Waals surface area contributed by atoms with Crippen molar-refractivity contribution in [1.82, 2.24) is 15.4 Å². The maximum absolute atomic E-state index is 9.53. The highest BCUT2D eigenvalue weighted by Gasteiger charge is 2.18. The van der Waals surface area contributed by atoms with Crippen LogP contribution in [0.5, 0.6) is 0 Å². The Morgan fingerprint density at radius 2 is 2.50 bits per heavy atom. The second kappa shape index (κ2) is 4.47. The lowest BCUT2D eigenvalue weighted by molar-refractivity contribution is 0.160. The minimum atomic E-state index is -0.441. The Labute approximate surface area is 76.8 Å². The van der Waals surface area contributed by atoms with Crippen LogP contribution in [-0.2, 0) is 0 Å². The van der Waals surface area contributed by atoms with Crippen LogP contribution in [0.15, 0.2) is 6.20 Å². The van der Waals surface area contributed by atoms with Gasteiger partial charge in [0, 0.05) is 6.20 Å². The van der Waals surface area contributed by atoms with Crippen LogP contribution in [0.3, 0.4) is 0 Å². The van der Waals surface area contributed by atoms with Crippen molar-refractivity contribution in [2.24, 2.45) is 0 Å². The van der Waals surface area contributed by atoms with Crippen molar-refractivity contribution in [3.05, 3.63) is 11.9 Å². The van der Waals surface area contributed by atoms with E-state index >= 15 is 0 Å². The summed E-state index contributed by atoms with van der Waals surface area (Å²) in [6, 6.07) is 0. The van der Waals surface area contributed by atoms with E-state index in [-0.39, 0.29) is 5.25 Å². The van der Waals surface area contributed by atoms with Crippen LogP contribution in [0.25, 0.3) is 0 Å². The van der Waals surface area contributed by atoms with Crippen LogP contribution in [0, 0.1) is 0 Å². The lowest BCUT2D eigenvalue weighted by Crippen LogP contribution is -2.13. The van der Waals surface area contributed by atoms with Gasteiger partial charge in [-0.3, -0.25) is 5.10 Å². The first-order valence-corrected chi connectivity index (χ1v) is 4.49. The third-order valence-corrected chi connectivity index (χ3v) is 2.30. The first kappa shape index (κ1) is 9.54. The predicted octanol–water partition coefficient (Wildman–Crippen LogP) is 0.937. The maximum atomic E-state index is 9.53. The summed E-state index contributed by atoms with van der Waals surface area (Å²) in [5, 5.41) is 19.2. The van der Waals surface area contributed by atoms with Crippen LogP contribution in [0.4, 0.5) is 0 Å². The first-order chi connectivity index (χ1) is 5.75. The molecule has 2 unspecified atom stereocenters. The Morgan fingerprint density at radius 1 is 1.75 bits per heavy atom. The van der Waals surface area contributed by atoms with Gasteiger partial charge in [-0.15, -0.1) is 5.10 Å². The summed E-state index contributed by atoms with van der Waals surface area (Å²) in [7, 11) is 0. The van der Waals surface area contributed by atoms with Crippen molar-refractivity contribution in [1.29, 1.82) is 0 Å². The number of H-pyrrole nitrogens is 1. The van der Waals surface area contributed by atoms with Gasteiger partial charge in [0.15, 0.2) is 0 Å². The maximum Gasteiger partial charge on any atom is 0.0977 e. The highest BCUT2D eigenvalue weighted by atomic mass is 32.1. The third-order valence-electron chi connectivity index (χ3n) is 1.69. The fraction of sp³-hybridized carbons (Fsp3) is 0.714. The standard InChI is InChI=1S/C7H13N3OS/c1-2-3-6(11)7(12)5-4-8-10-9-5/h4,6-7,11-12H,2-3H2,1H3,(H,8,9,10). The van der Waals surface area contributed by atoms with E-state index in [1.807, 2.05) is 6.92 Å². The molecule has 1 heterocycles. The lowest BCUT2D eigenvalue weighted by Gasteiger charge is -2.13. The SMILES string of the molecule is CCCC(O)C(S)c1c[nH]nn1. The zero-order valence-corrected chi connectivity index (χ0v) is 7.83. The number of aliphatic hydroxyl groups excluding tert-OH is 1. The number of hydrogen-bond acceptors (Lipinski definition) is 4. The molecule has 0 aliphatic carbocycles. The zero-order chi connectivity index (χ0) is 8.97. The predicted molar refractivity (Wildman–Crippen MR) is 49.0 cm³/mol. The van der Waals surface area contributed by atoms with E-state index in [1.165, 1.54) is 0 Å². The number of aliphatic hydroxyl groups is 1. The Balaban J connectivity index is 2.53. The fourth-order valence-electron chi connectivity index (χ4n) is 1.01. The minimum Gasteiger partial charge on any atom is -0.392 e. The number of aromatic amines is 1. The van der Waals surface area contributed by atoms with Gasteiger partial charge >= 0.3 is 0 Å². The van der Waals surface area contributed by atoms with Crippen molar-refractivity contribution in [3.8, 4) is 0 Å². The molecule has 1 rings (SSSR count). The van der Waals surface area contributed by atoms with Gasteiger partial charge in [0.25, 0.3) is 0 Å². The average molecular weight is 187 g/mol. The van der Waals surface area contributed by atoms with E-state index in [0.29, 0.717) is 5.69 Å². The summed E-state index contributed by atoms with van der Waals surface area (Å²) in [6.07, 6.45) is 2.89. The van der Waals surface area contributed by atoms with Gasteiger partial charge in [0.1, 0.15) is 0 Å². The molecule has 1 aromatic heterocycles. The van der Waals surface area contributed by atoms with Crippen molar-refractivity contribution in [2.75, 3.05) is 0 Å². The molecule has 0 saturated heterocycles. The molecule has 0 amide bonds. The summed E-state index contributed by atoms with van der Waals surface area (Å²) in [4.78, 5) is 0. The highest BCUT2D eigenvalue weighted by molar-refractivity contribution is 7.80. The van der Waals surface area contributed by atoms with E-state index in [4.69, 9.17) is 0 Å². The van der Waals surface area contributed by atoms with Gasteiger partial charge in [-0.05, 0) is 6.42 Å². The average Bonchev–Trinajstić information content (AvgIpc) is 2.55. The van der Waals surface area contributed by atoms with Gasteiger partial charge in [0.2, 0.25) is 0 Å². The first-order valence-electron chi connectivity index (χ1n) is 3.98. The number of nitrogens with one attached hydrogen (secondary N) is 1. The Bertz CT molecular complexity index is 214. The number of thiol groups is 1. The van der Waals surface area contributed by atoms with E-state index in [0.717, 1.165) is 12.8 Å². The highest BCUT2D eigenvalue weighted by Crippen LogP contribution is 2.23. The van der Waals surface area contributed by atoms with Crippen molar-refractivity contribution in [3.63, 3.8) is 0 Å². The van der Waals surface area contributed by atoms with Gasteiger partial charge in [-0.1, -0.05) is 18.6 Å². The van der Waals surface area contributed by atoms with Crippen LogP contribution >= 0.6 is 12.6 Å². The molecule has 0 bridgehead atoms. The summed E-state index contributed by atoms with van der Waals surface area (Å²) < 4.78 is 0. The smallest absolute Gasteiger partial charge is 0.0977 e. The summed E-state index contributed by atoms with van der Waals surface area (Å²) in [5.41, 5.74) is 0.694. The van der Waals surface area contributed by atoms with Gasteiger partial charge in [-0.25, -0.2) is 0 Å². The molecule has 68 valence electrons. The van der Waals surface area contributed by atoms with Crippen LogP contribution < -0.4 is 0 Å². The van der Waals surface area contributed by atoms with E-state index in [9.17, 15) is 5.11 Å². The minimum absolute atomic E-state index is 0.233. The number of nitrogens with zero attached hydrogens (tertiary/aromatic N) is 2. The second-order valence-electron chi connectivity index (χ2n) is 2.70. The van der Waals surface area contributed by atoms with E-state index in [1.54, 1.807) is 6.20 Å². The molecule has 12 heavy (non-hydrogen) atoms. The van der Waals surface area contributed by atoms with Gasteiger partial charge in [-0.2, -0.15) is 12.6 Å². The molecule has 5 heteroatoms. The Hall–Kier alpha value is -0.550. The van der Waals surface area contributed by atoms with Gasteiger partial charge < -0.3 is 5.11 Å². The molecule has 0 aliphatic rings. The summed E-state index contributed by atoms with van der Waals surface area (Å²) >= 11 is 4.24. The molecule has 0 saturated carbocycles. The zero-order valence-electron chi connectivity index (χ0n) is 6.94. The van der Waals surface area contributed by atoms with E-state index in [2.05, 4.69) is 28.0 Å².